The van der Waals surface area contributed by atoms with Crippen molar-refractivity contribution in [1.29, 1.82) is 0 Å². The van der Waals surface area contributed by atoms with Crippen LogP contribution >= 0.6 is 0 Å². The molecule has 0 bridgehead atoms. The number of esters is 2. The van der Waals surface area contributed by atoms with Crippen LogP contribution in [0.1, 0.15) is 25.7 Å². The number of hydrogen-bond acceptors (Lipinski definition) is 7. The van der Waals surface area contributed by atoms with Crippen LogP contribution in [-0.4, -0.2) is 59.9 Å². The van der Waals surface area contributed by atoms with Crippen molar-refractivity contribution in [3.63, 3.8) is 0 Å². The van der Waals surface area contributed by atoms with E-state index in [9.17, 15) is 14.4 Å². The molecule has 2 radical (unpaired) electrons. The zero-order valence-electron chi connectivity index (χ0n) is 16.1. The quantitative estimate of drug-likeness (QED) is 0.229. The van der Waals surface area contributed by atoms with Crippen LogP contribution in [0.3, 0.4) is 0 Å². The fourth-order valence-corrected chi connectivity index (χ4v) is 1.57. The molecule has 0 N–H and O–H groups in total. The summed E-state index contributed by atoms with van der Waals surface area (Å²) >= 11 is 0. The van der Waals surface area contributed by atoms with E-state index in [0.29, 0.717) is 26.1 Å². The van der Waals surface area contributed by atoms with Crippen molar-refractivity contribution in [1.82, 2.24) is 0 Å². The zero-order valence-corrected chi connectivity index (χ0v) is 21.7. The van der Waals surface area contributed by atoms with Gasteiger partial charge in [-0.05, 0) is 12.8 Å². The summed E-state index contributed by atoms with van der Waals surface area (Å²) in [7, 11) is 5.82. The third kappa shape index (κ3) is 22.3. The van der Waals surface area contributed by atoms with Crippen LogP contribution in [0.5, 0.6) is 0 Å². The Morgan fingerprint density at radius 1 is 0.923 bits per heavy atom. The molecular weight excluding hydrogens is 494 g/mol. The number of rotatable bonds is 11. The van der Waals surface area contributed by atoms with Gasteiger partial charge in [0.05, 0.1) is 27.1 Å². The molecular formula is C17H28O7Y2. The first-order valence-electron chi connectivity index (χ1n) is 7.51. The molecule has 0 amide bonds. The third-order valence-electron chi connectivity index (χ3n) is 3.09. The molecule has 7 nitrogen and oxygen atoms in total. The zero-order chi connectivity index (χ0) is 18.8. The minimum absolute atomic E-state index is 0. The van der Waals surface area contributed by atoms with Crippen molar-refractivity contribution in [2.75, 3.05) is 41.7 Å². The van der Waals surface area contributed by atoms with E-state index in [1.807, 2.05) is 0 Å². The molecule has 0 saturated carbocycles. The van der Waals surface area contributed by atoms with E-state index >= 15 is 0 Å². The van der Waals surface area contributed by atoms with Gasteiger partial charge in [0.2, 0.25) is 0 Å². The molecule has 2 atom stereocenters. The maximum Gasteiger partial charge on any atom is 0.306 e. The third-order valence-corrected chi connectivity index (χ3v) is 3.09. The van der Waals surface area contributed by atoms with Crippen molar-refractivity contribution in [2.45, 2.75) is 25.7 Å². The van der Waals surface area contributed by atoms with Crippen LogP contribution in [0, 0.1) is 24.2 Å². The van der Waals surface area contributed by atoms with Gasteiger partial charge in [-0.1, -0.05) is 0 Å². The van der Waals surface area contributed by atoms with Gasteiger partial charge in [0.25, 0.3) is 0 Å². The monoisotopic (exact) mass is 522 g/mol. The van der Waals surface area contributed by atoms with E-state index in [1.54, 1.807) is 14.2 Å². The van der Waals surface area contributed by atoms with E-state index < -0.39 is 0 Å². The topological polar surface area (TPSA) is 88.1 Å². The average molecular weight is 522 g/mol. The Kier molecular flexibility index (Phi) is 32.9. The molecule has 9 heteroatoms. The Balaban J connectivity index is -0.000000173. The normalized spacial score (nSPS) is 11.0. The summed E-state index contributed by atoms with van der Waals surface area (Å²) in [6.45, 7) is 1.06. The molecule has 0 spiro atoms. The molecule has 0 heterocycles. The largest absolute Gasteiger partial charge is 0.469 e. The van der Waals surface area contributed by atoms with Crippen molar-refractivity contribution < 1.29 is 98.7 Å². The minimum Gasteiger partial charge on any atom is -0.469 e. The first-order valence-corrected chi connectivity index (χ1v) is 7.51. The Hall–Kier alpha value is 0.298. The number of ether oxygens (including phenoxy) is 4. The van der Waals surface area contributed by atoms with Crippen LogP contribution in [0.2, 0.25) is 0 Å². The Labute approximate surface area is 206 Å². The molecule has 0 aliphatic heterocycles. The second-order valence-corrected chi connectivity index (χ2v) is 4.88. The molecule has 144 valence electrons. The summed E-state index contributed by atoms with van der Waals surface area (Å²) in [4.78, 5) is 31.9. The molecule has 0 saturated heterocycles. The standard InChI is InChI=1S/C9H14O3.C8H14O4.2Y/c1-4-8(5-6-11-2)7-9(10)12-3;1-11-4-3-7(6-9)5-8(10)12-2;;/h1,8H,5-7H2,2-3H3;6-7H,3-5H2,1-2H3;;. The molecule has 0 fully saturated rings. The maximum absolute atomic E-state index is 10.8. The van der Waals surface area contributed by atoms with E-state index in [4.69, 9.17) is 15.9 Å². The van der Waals surface area contributed by atoms with Gasteiger partial charge < -0.3 is 23.7 Å². The summed E-state index contributed by atoms with van der Waals surface area (Å²) in [5, 5.41) is 0. The van der Waals surface area contributed by atoms with Gasteiger partial charge in [-0.2, -0.15) is 0 Å². The Bertz CT molecular complexity index is 397. The smallest absolute Gasteiger partial charge is 0.306 e. The summed E-state index contributed by atoms with van der Waals surface area (Å²) in [6, 6.07) is 0. The van der Waals surface area contributed by atoms with Gasteiger partial charge in [0.15, 0.2) is 0 Å². The molecule has 0 aliphatic rings. The number of methoxy groups -OCH3 is 4. The molecule has 0 aliphatic carbocycles. The number of hydrogen-bond donors (Lipinski definition) is 0. The van der Waals surface area contributed by atoms with E-state index in [1.165, 1.54) is 14.2 Å². The van der Waals surface area contributed by atoms with Gasteiger partial charge in [-0.3, -0.25) is 9.59 Å². The van der Waals surface area contributed by atoms with Crippen LogP contribution in [0.15, 0.2) is 0 Å². The molecule has 0 aromatic rings. The molecule has 2 unspecified atom stereocenters. The SMILES string of the molecule is C#CC(CCOC)CC(=O)OC.COCCC(C=O)CC(=O)OC.[Y].[Y]. The molecule has 0 aromatic heterocycles. The van der Waals surface area contributed by atoms with Crippen LogP contribution in [-0.2, 0) is 98.7 Å². The number of terminal acetylenes is 1. The van der Waals surface area contributed by atoms with Crippen molar-refractivity contribution in [2.24, 2.45) is 11.8 Å². The van der Waals surface area contributed by atoms with Gasteiger partial charge in [0, 0.05) is 105 Å². The predicted octanol–water partition coefficient (Wildman–Crippen LogP) is 1.23. The summed E-state index contributed by atoms with van der Waals surface area (Å²) in [5.74, 6) is 1.54. The summed E-state index contributed by atoms with van der Waals surface area (Å²) in [6.07, 6.45) is 7.64. The fraction of sp³-hybridized carbons (Fsp3) is 0.706. The minimum atomic E-state index is -0.358. The van der Waals surface area contributed by atoms with E-state index in [-0.39, 0.29) is 102 Å². The number of carbonyl (C=O) groups is 3. The number of carbonyl (C=O) groups excluding carboxylic acids is 3. The predicted molar refractivity (Wildman–Crippen MR) is 88.1 cm³/mol. The number of aldehydes is 1. The van der Waals surface area contributed by atoms with E-state index in [2.05, 4.69) is 15.4 Å². The second-order valence-electron chi connectivity index (χ2n) is 4.88. The van der Waals surface area contributed by atoms with Crippen LogP contribution in [0.4, 0.5) is 0 Å². The Morgan fingerprint density at radius 2 is 1.38 bits per heavy atom. The van der Waals surface area contributed by atoms with Gasteiger partial charge >= 0.3 is 11.9 Å². The summed E-state index contributed by atoms with van der Waals surface area (Å²) in [5.41, 5.74) is 0. The maximum atomic E-state index is 10.8. The molecule has 0 rings (SSSR count). The van der Waals surface area contributed by atoms with Crippen molar-refractivity contribution in [3.05, 3.63) is 0 Å². The second kappa shape index (κ2) is 25.3. The van der Waals surface area contributed by atoms with Gasteiger partial charge in [0.1, 0.15) is 6.29 Å². The van der Waals surface area contributed by atoms with Crippen molar-refractivity contribution >= 4 is 18.2 Å². The summed E-state index contributed by atoms with van der Waals surface area (Å²) < 4.78 is 18.5. The fourth-order valence-electron chi connectivity index (χ4n) is 1.57. The first-order chi connectivity index (χ1) is 11.5. The molecule has 0 aromatic carbocycles. The Morgan fingerprint density at radius 3 is 1.77 bits per heavy atom. The van der Waals surface area contributed by atoms with E-state index in [0.717, 1.165) is 6.29 Å². The van der Waals surface area contributed by atoms with Crippen LogP contribution < -0.4 is 0 Å². The average Bonchev–Trinajstić information content (AvgIpc) is 2.61. The van der Waals surface area contributed by atoms with Crippen LogP contribution in [0.25, 0.3) is 0 Å². The van der Waals surface area contributed by atoms with Gasteiger partial charge in [-0.25, -0.2) is 0 Å². The van der Waals surface area contributed by atoms with Gasteiger partial charge in [-0.15, -0.1) is 12.3 Å². The molecule has 26 heavy (non-hydrogen) atoms. The first kappa shape index (κ1) is 33.9. The van der Waals surface area contributed by atoms with Crippen molar-refractivity contribution in [3.8, 4) is 12.3 Å².